The van der Waals surface area contributed by atoms with Crippen LogP contribution in [0.2, 0.25) is 0 Å². The van der Waals surface area contributed by atoms with Crippen molar-refractivity contribution in [3.8, 4) is 22.6 Å². The number of nitrogens with one attached hydrogen (secondary N) is 1. The van der Waals surface area contributed by atoms with Crippen molar-refractivity contribution >= 4 is 22.4 Å². The van der Waals surface area contributed by atoms with Gasteiger partial charge in [-0.15, -0.1) is 11.3 Å². The number of hydrogen-bond acceptors (Lipinski definition) is 5. The van der Waals surface area contributed by atoms with Crippen LogP contribution in [0.4, 0.5) is 5.13 Å². The standard InChI is InChI=1S/C21H17N3O2S/c25-20(24-21-23-18(14-27-21)16-7-4-12-22-13-16)11-9-17-8-10-19(26-17)15-5-2-1-3-6-15/h1-8,10,12-14H,9,11H2,(H,23,24,25). The van der Waals surface area contributed by atoms with E-state index in [1.54, 1.807) is 12.4 Å². The van der Waals surface area contributed by atoms with Gasteiger partial charge in [-0.25, -0.2) is 4.98 Å². The van der Waals surface area contributed by atoms with Gasteiger partial charge in [-0.3, -0.25) is 9.78 Å². The molecule has 0 spiro atoms. The molecule has 1 N–H and O–H groups in total. The van der Waals surface area contributed by atoms with Gasteiger partial charge in [0.05, 0.1) is 5.69 Å². The second-order valence-corrected chi connectivity index (χ2v) is 6.82. The van der Waals surface area contributed by atoms with E-state index >= 15 is 0 Å². The van der Waals surface area contributed by atoms with Gasteiger partial charge in [-0.1, -0.05) is 30.3 Å². The Balaban J connectivity index is 1.33. The molecule has 0 fully saturated rings. The highest BCUT2D eigenvalue weighted by atomic mass is 32.1. The zero-order chi connectivity index (χ0) is 18.5. The predicted octanol–water partition coefficient (Wildman–Crippen LogP) is 5.04. The van der Waals surface area contributed by atoms with Crippen LogP contribution in [0.5, 0.6) is 0 Å². The summed E-state index contributed by atoms with van der Waals surface area (Å²) in [4.78, 5) is 20.7. The molecule has 0 unspecified atom stereocenters. The Hall–Kier alpha value is -3.25. The highest BCUT2D eigenvalue weighted by Gasteiger charge is 2.10. The smallest absolute Gasteiger partial charge is 0.226 e. The number of aryl methyl sites for hydroxylation is 1. The minimum absolute atomic E-state index is 0.0836. The minimum Gasteiger partial charge on any atom is -0.461 e. The molecule has 3 aromatic heterocycles. The molecule has 0 aliphatic heterocycles. The molecule has 1 aromatic carbocycles. The molecule has 0 aliphatic carbocycles. The first-order valence-corrected chi connectivity index (χ1v) is 9.46. The fourth-order valence-electron chi connectivity index (χ4n) is 2.67. The number of thiazole rings is 1. The highest BCUT2D eigenvalue weighted by Crippen LogP contribution is 2.25. The quantitative estimate of drug-likeness (QED) is 0.513. The van der Waals surface area contributed by atoms with Crippen LogP contribution in [0.1, 0.15) is 12.2 Å². The molecular formula is C21H17N3O2S. The highest BCUT2D eigenvalue weighted by molar-refractivity contribution is 7.14. The lowest BCUT2D eigenvalue weighted by molar-refractivity contribution is -0.116. The molecule has 3 heterocycles. The fourth-order valence-corrected chi connectivity index (χ4v) is 3.40. The molecular weight excluding hydrogens is 358 g/mol. The molecule has 0 saturated carbocycles. The molecule has 4 rings (SSSR count). The SMILES string of the molecule is O=C(CCc1ccc(-c2ccccc2)o1)Nc1nc(-c2cccnc2)cs1. The Morgan fingerprint density at radius 1 is 1.04 bits per heavy atom. The first-order chi connectivity index (χ1) is 13.3. The number of aromatic nitrogens is 2. The molecule has 27 heavy (non-hydrogen) atoms. The number of furan rings is 1. The molecule has 0 bridgehead atoms. The summed E-state index contributed by atoms with van der Waals surface area (Å²) in [6, 6.07) is 17.6. The average molecular weight is 375 g/mol. The van der Waals surface area contributed by atoms with Crippen molar-refractivity contribution in [2.24, 2.45) is 0 Å². The van der Waals surface area contributed by atoms with Gasteiger partial charge in [-0.05, 0) is 24.3 Å². The summed E-state index contributed by atoms with van der Waals surface area (Å²) >= 11 is 1.40. The van der Waals surface area contributed by atoms with Gasteiger partial charge in [-0.2, -0.15) is 0 Å². The van der Waals surface area contributed by atoms with E-state index in [2.05, 4.69) is 15.3 Å². The van der Waals surface area contributed by atoms with Crippen LogP contribution in [0, 0.1) is 0 Å². The van der Waals surface area contributed by atoms with Gasteiger partial charge in [0.25, 0.3) is 0 Å². The number of benzene rings is 1. The third-order valence-corrected chi connectivity index (χ3v) is 4.78. The van der Waals surface area contributed by atoms with Gasteiger partial charge in [0.15, 0.2) is 5.13 Å². The maximum atomic E-state index is 12.2. The summed E-state index contributed by atoms with van der Waals surface area (Å²) in [5.74, 6) is 1.52. The number of anilines is 1. The number of carbonyl (C=O) groups is 1. The van der Waals surface area contributed by atoms with Crippen LogP contribution < -0.4 is 5.32 Å². The van der Waals surface area contributed by atoms with Crippen LogP contribution in [0.25, 0.3) is 22.6 Å². The van der Waals surface area contributed by atoms with Crippen molar-refractivity contribution in [3.63, 3.8) is 0 Å². The van der Waals surface area contributed by atoms with Gasteiger partial charge < -0.3 is 9.73 Å². The summed E-state index contributed by atoms with van der Waals surface area (Å²) < 4.78 is 5.83. The zero-order valence-electron chi connectivity index (χ0n) is 14.5. The predicted molar refractivity (Wildman–Crippen MR) is 106 cm³/mol. The first kappa shape index (κ1) is 17.2. The van der Waals surface area contributed by atoms with Gasteiger partial charge in [0.2, 0.25) is 5.91 Å². The Labute approximate surface area is 160 Å². The molecule has 0 saturated heterocycles. The maximum Gasteiger partial charge on any atom is 0.226 e. The van der Waals surface area contributed by atoms with E-state index in [4.69, 9.17) is 4.42 Å². The summed E-state index contributed by atoms with van der Waals surface area (Å²) in [6.07, 6.45) is 4.35. The van der Waals surface area contributed by atoms with Crippen LogP contribution in [-0.4, -0.2) is 15.9 Å². The summed E-state index contributed by atoms with van der Waals surface area (Å²) in [5, 5.41) is 5.34. The van der Waals surface area contributed by atoms with Crippen LogP contribution >= 0.6 is 11.3 Å². The van der Waals surface area contributed by atoms with E-state index in [0.717, 1.165) is 28.3 Å². The number of nitrogens with zero attached hydrogens (tertiary/aromatic N) is 2. The van der Waals surface area contributed by atoms with Crippen LogP contribution in [0.15, 0.2) is 76.8 Å². The molecule has 134 valence electrons. The third kappa shape index (κ3) is 4.30. The molecule has 6 heteroatoms. The Morgan fingerprint density at radius 3 is 2.70 bits per heavy atom. The number of carbonyl (C=O) groups excluding carboxylic acids is 1. The van der Waals surface area contributed by atoms with Crippen molar-refractivity contribution in [1.29, 1.82) is 0 Å². The molecule has 0 radical (unpaired) electrons. The van der Waals surface area contributed by atoms with E-state index in [-0.39, 0.29) is 5.91 Å². The summed E-state index contributed by atoms with van der Waals surface area (Å²) in [7, 11) is 0. The van der Waals surface area contributed by atoms with Gasteiger partial charge in [0, 0.05) is 41.7 Å². The number of rotatable bonds is 6. The van der Waals surface area contributed by atoms with E-state index in [1.165, 1.54) is 11.3 Å². The Morgan fingerprint density at radius 2 is 1.89 bits per heavy atom. The average Bonchev–Trinajstić information content (AvgIpc) is 3.37. The van der Waals surface area contributed by atoms with E-state index in [1.807, 2.05) is 60.0 Å². The largest absolute Gasteiger partial charge is 0.461 e. The Bertz CT molecular complexity index is 1030. The van der Waals surface area contributed by atoms with Crippen LogP contribution in [-0.2, 0) is 11.2 Å². The topological polar surface area (TPSA) is 68.0 Å². The summed E-state index contributed by atoms with van der Waals surface area (Å²) in [5.41, 5.74) is 2.76. The van der Waals surface area contributed by atoms with Crippen LogP contribution in [0.3, 0.4) is 0 Å². The number of amides is 1. The monoisotopic (exact) mass is 375 g/mol. The molecule has 4 aromatic rings. The third-order valence-electron chi connectivity index (χ3n) is 4.03. The molecule has 0 atom stereocenters. The Kier molecular flexibility index (Phi) is 5.07. The van der Waals surface area contributed by atoms with E-state index in [0.29, 0.717) is 18.0 Å². The van der Waals surface area contributed by atoms with E-state index < -0.39 is 0 Å². The van der Waals surface area contributed by atoms with Crippen molar-refractivity contribution in [2.75, 3.05) is 5.32 Å². The first-order valence-electron chi connectivity index (χ1n) is 8.58. The second-order valence-electron chi connectivity index (χ2n) is 5.96. The normalized spacial score (nSPS) is 10.7. The van der Waals surface area contributed by atoms with Gasteiger partial charge >= 0.3 is 0 Å². The lowest BCUT2D eigenvalue weighted by Gasteiger charge is -2.01. The minimum atomic E-state index is -0.0836. The summed E-state index contributed by atoms with van der Waals surface area (Å²) in [6.45, 7) is 0. The second kappa shape index (κ2) is 7.97. The lowest BCUT2D eigenvalue weighted by Crippen LogP contribution is -2.11. The fraction of sp³-hybridized carbons (Fsp3) is 0.0952. The number of pyridine rings is 1. The molecule has 0 aliphatic rings. The van der Waals surface area contributed by atoms with Crippen molar-refractivity contribution in [1.82, 2.24) is 9.97 Å². The van der Waals surface area contributed by atoms with Crippen molar-refractivity contribution in [2.45, 2.75) is 12.8 Å². The lowest BCUT2D eigenvalue weighted by atomic mass is 10.2. The van der Waals surface area contributed by atoms with E-state index in [9.17, 15) is 4.79 Å². The molecule has 1 amide bonds. The number of hydrogen-bond donors (Lipinski definition) is 1. The maximum absolute atomic E-state index is 12.2. The molecule has 5 nitrogen and oxygen atoms in total. The van der Waals surface area contributed by atoms with Crippen molar-refractivity contribution in [3.05, 3.63) is 78.1 Å². The van der Waals surface area contributed by atoms with Gasteiger partial charge in [0.1, 0.15) is 11.5 Å². The zero-order valence-corrected chi connectivity index (χ0v) is 15.3. The van der Waals surface area contributed by atoms with Crippen molar-refractivity contribution < 1.29 is 9.21 Å².